The SMILES string of the molecule is CCOc1ccc(N2CCCC2C)cc1CO. The Bertz CT molecular complexity index is 378. The first-order valence-corrected chi connectivity index (χ1v) is 6.39. The van der Waals surface area contributed by atoms with Gasteiger partial charge in [-0.05, 0) is 44.9 Å². The van der Waals surface area contributed by atoms with Crippen LogP contribution in [-0.2, 0) is 6.61 Å². The number of aliphatic hydroxyl groups excluding tert-OH is 1. The summed E-state index contributed by atoms with van der Waals surface area (Å²) in [6.07, 6.45) is 2.50. The van der Waals surface area contributed by atoms with E-state index in [1.807, 2.05) is 19.1 Å². The average Bonchev–Trinajstić information content (AvgIpc) is 2.76. The summed E-state index contributed by atoms with van der Waals surface area (Å²) in [5, 5.41) is 9.38. The van der Waals surface area contributed by atoms with Gasteiger partial charge in [0.05, 0.1) is 13.2 Å². The van der Waals surface area contributed by atoms with E-state index in [0.29, 0.717) is 12.6 Å². The predicted molar refractivity (Wildman–Crippen MR) is 69.6 cm³/mol. The van der Waals surface area contributed by atoms with Crippen molar-refractivity contribution in [1.29, 1.82) is 0 Å². The first-order valence-electron chi connectivity index (χ1n) is 6.39. The summed E-state index contributed by atoms with van der Waals surface area (Å²) in [5.41, 5.74) is 2.07. The van der Waals surface area contributed by atoms with E-state index in [1.54, 1.807) is 0 Å². The molecule has 0 saturated carbocycles. The number of aliphatic hydroxyl groups is 1. The molecule has 17 heavy (non-hydrogen) atoms. The molecule has 1 aliphatic heterocycles. The van der Waals surface area contributed by atoms with Crippen molar-refractivity contribution in [2.24, 2.45) is 0 Å². The van der Waals surface area contributed by atoms with E-state index in [1.165, 1.54) is 18.5 Å². The molecule has 1 N–H and O–H groups in total. The quantitative estimate of drug-likeness (QED) is 0.870. The maximum absolute atomic E-state index is 9.38. The second kappa shape index (κ2) is 5.41. The number of rotatable bonds is 4. The molecule has 3 nitrogen and oxygen atoms in total. The fourth-order valence-electron chi connectivity index (χ4n) is 2.48. The van der Waals surface area contributed by atoms with Crippen molar-refractivity contribution < 1.29 is 9.84 Å². The molecule has 2 rings (SSSR count). The maximum Gasteiger partial charge on any atom is 0.124 e. The highest BCUT2D eigenvalue weighted by Gasteiger charge is 2.21. The molecule has 1 unspecified atom stereocenters. The van der Waals surface area contributed by atoms with Gasteiger partial charge in [-0.2, -0.15) is 0 Å². The third-order valence-corrected chi connectivity index (χ3v) is 3.40. The van der Waals surface area contributed by atoms with Crippen LogP contribution in [0.5, 0.6) is 5.75 Å². The van der Waals surface area contributed by atoms with Gasteiger partial charge in [0.2, 0.25) is 0 Å². The van der Waals surface area contributed by atoms with Crippen molar-refractivity contribution in [3.63, 3.8) is 0 Å². The van der Waals surface area contributed by atoms with Gasteiger partial charge in [0.25, 0.3) is 0 Å². The number of anilines is 1. The standard InChI is InChI=1S/C14H21NO2/c1-3-17-14-7-6-13(9-12(14)10-16)15-8-4-5-11(15)2/h6-7,9,11,16H,3-5,8,10H2,1-2H3. The minimum Gasteiger partial charge on any atom is -0.494 e. The highest BCUT2D eigenvalue weighted by Crippen LogP contribution is 2.30. The van der Waals surface area contributed by atoms with Crippen LogP contribution in [0.15, 0.2) is 18.2 Å². The summed E-state index contributed by atoms with van der Waals surface area (Å²) < 4.78 is 5.49. The molecule has 0 spiro atoms. The number of hydrogen-bond donors (Lipinski definition) is 1. The van der Waals surface area contributed by atoms with Crippen LogP contribution in [0.1, 0.15) is 32.3 Å². The van der Waals surface area contributed by atoms with Gasteiger partial charge in [0, 0.05) is 23.8 Å². The highest BCUT2D eigenvalue weighted by atomic mass is 16.5. The van der Waals surface area contributed by atoms with Crippen LogP contribution in [0.4, 0.5) is 5.69 Å². The van der Waals surface area contributed by atoms with Crippen LogP contribution >= 0.6 is 0 Å². The second-order valence-electron chi connectivity index (χ2n) is 4.57. The molecule has 94 valence electrons. The molecular formula is C14H21NO2. The Morgan fingerprint density at radius 1 is 1.47 bits per heavy atom. The zero-order chi connectivity index (χ0) is 12.3. The molecule has 1 heterocycles. The van der Waals surface area contributed by atoms with Crippen LogP contribution in [-0.4, -0.2) is 24.3 Å². The van der Waals surface area contributed by atoms with E-state index in [-0.39, 0.29) is 6.61 Å². The summed E-state index contributed by atoms with van der Waals surface area (Å²) >= 11 is 0. The van der Waals surface area contributed by atoms with Crippen LogP contribution in [0, 0.1) is 0 Å². The lowest BCUT2D eigenvalue weighted by molar-refractivity contribution is 0.267. The van der Waals surface area contributed by atoms with Crippen LogP contribution in [0.2, 0.25) is 0 Å². The normalized spacial score (nSPS) is 19.7. The van der Waals surface area contributed by atoms with Crippen molar-refractivity contribution in [3.8, 4) is 5.75 Å². The first-order chi connectivity index (χ1) is 8.26. The van der Waals surface area contributed by atoms with Gasteiger partial charge in [-0.1, -0.05) is 0 Å². The number of benzene rings is 1. The molecule has 0 aliphatic carbocycles. The summed E-state index contributed by atoms with van der Waals surface area (Å²) in [7, 11) is 0. The van der Waals surface area contributed by atoms with E-state index in [4.69, 9.17) is 4.74 Å². The van der Waals surface area contributed by atoms with Gasteiger partial charge in [-0.15, -0.1) is 0 Å². The monoisotopic (exact) mass is 235 g/mol. The minimum absolute atomic E-state index is 0.0331. The molecule has 1 aromatic rings. The summed E-state index contributed by atoms with van der Waals surface area (Å²) in [4.78, 5) is 2.40. The van der Waals surface area contributed by atoms with Gasteiger partial charge in [0.1, 0.15) is 5.75 Å². The van der Waals surface area contributed by atoms with Crippen molar-refractivity contribution >= 4 is 5.69 Å². The fourth-order valence-corrected chi connectivity index (χ4v) is 2.48. The smallest absolute Gasteiger partial charge is 0.124 e. The molecule has 1 aromatic carbocycles. The Balaban J connectivity index is 2.24. The Kier molecular flexibility index (Phi) is 3.89. The van der Waals surface area contributed by atoms with E-state index in [0.717, 1.165) is 17.9 Å². The van der Waals surface area contributed by atoms with Crippen molar-refractivity contribution in [2.45, 2.75) is 39.3 Å². The second-order valence-corrected chi connectivity index (χ2v) is 4.57. The van der Waals surface area contributed by atoms with Gasteiger partial charge in [-0.3, -0.25) is 0 Å². The van der Waals surface area contributed by atoms with E-state index in [2.05, 4.69) is 17.9 Å². The minimum atomic E-state index is 0.0331. The molecule has 1 saturated heterocycles. The summed E-state index contributed by atoms with van der Waals surface area (Å²) in [6.45, 7) is 5.98. The van der Waals surface area contributed by atoms with Gasteiger partial charge >= 0.3 is 0 Å². The third kappa shape index (κ3) is 2.55. The molecule has 0 radical (unpaired) electrons. The average molecular weight is 235 g/mol. The molecule has 0 amide bonds. The number of nitrogens with zero attached hydrogens (tertiary/aromatic N) is 1. The Labute approximate surface area is 103 Å². The Hall–Kier alpha value is -1.22. The topological polar surface area (TPSA) is 32.7 Å². The lowest BCUT2D eigenvalue weighted by Gasteiger charge is -2.24. The highest BCUT2D eigenvalue weighted by molar-refractivity contribution is 5.54. The molecule has 0 aromatic heterocycles. The zero-order valence-electron chi connectivity index (χ0n) is 10.6. The number of ether oxygens (including phenoxy) is 1. The van der Waals surface area contributed by atoms with Gasteiger partial charge < -0.3 is 14.7 Å². The first kappa shape index (κ1) is 12.2. The zero-order valence-corrected chi connectivity index (χ0v) is 10.6. The van der Waals surface area contributed by atoms with Crippen LogP contribution in [0.25, 0.3) is 0 Å². The number of hydrogen-bond acceptors (Lipinski definition) is 3. The van der Waals surface area contributed by atoms with Crippen molar-refractivity contribution in [2.75, 3.05) is 18.1 Å². The van der Waals surface area contributed by atoms with Crippen molar-refractivity contribution in [3.05, 3.63) is 23.8 Å². The third-order valence-electron chi connectivity index (χ3n) is 3.40. The van der Waals surface area contributed by atoms with Gasteiger partial charge in [0.15, 0.2) is 0 Å². The lowest BCUT2D eigenvalue weighted by Crippen LogP contribution is -2.26. The lowest BCUT2D eigenvalue weighted by atomic mass is 10.1. The van der Waals surface area contributed by atoms with Gasteiger partial charge in [-0.25, -0.2) is 0 Å². The van der Waals surface area contributed by atoms with E-state index < -0.39 is 0 Å². The maximum atomic E-state index is 9.38. The molecule has 1 fully saturated rings. The molecular weight excluding hydrogens is 214 g/mol. The fraction of sp³-hybridized carbons (Fsp3) is 0.571. The molecule has 0 bridgehead atoms. The van der Waals surface area contributed by atoms with Crippen LogP contribution < -0.4 is 9.64 Å². The molecule has 3 heteroatoms. The molecule has 1 atom stereocenters. The predicted octanol–water partition coefficient (Wildman–Crippen LogP) is 2.57. The Morgan fingerprint density at radius 3 is 2.88 bits per heavy atom. The molecule has 1 aliphatic rings. The summed E-state index contributed by atoms with van der Waals surface area (Å²) in [5.74, 6) is 0.797. The van der Waals surface area contributed by atoms with Crippen LogP contribution in [0.3, 0.4) is 0 Å². The Morgan fingerprint density at radius 2 is 2.29 bits per heavy atom. The van der Waals surface area contributed by atoms with E-state index >= 15 is 0 Å². The summed E-state index contributed by atoms with van der Waals surface area (Å²) in [6, 6.07) is 6.70. The largest absolute Gasteiger partial charge is 0.494 e. The van der Waals surface area contributed by atoms with Crippen molar-refractivity contribution in [1.82, 2.24) is 0 Å². The van der Waals surface area contributed by atoms with E-state index in [9.17, 15) is 5.11 Å².